The third-order valence-electron chi connectivity index (χ3n) is 6.28. The number of carbonyl (C=O) groups is 1. The van der Waals surface area contributed by atoms with Crippen molar-refractivity contribution in [2.45, 2.75) is 25.3 Å². The van der Waals surface area contributed by atoms with Crippen molar-refractivity contribution in [3.8, 4) is 0 Å². The average molecular weight is 477 g/mol. The Labute approximate surface area is 201 Å². The van der Waals surface area contributed by atoms with E-state index in [0.29, 0.717) is 35.5 Å². The van der Waals surface area contributed by atoms with Crippen molar-refractivity contribution < 1.29 is 9.18 Å². The molecule has 174 valence electrons. The minimum atomic E-state index is -0.617. The lowest BCUT2D eigenvalue weighted by molar-refractivity contribution is 0.0977. The number of rotatable bonds is 4. The maximum atomic E-state index is 14.2. The molecule has 1 fully saturated rings. The summed E-state index contributed by atoms with van der Waals surface area (Å²) in [7, 11) is 0. The molecule has 0 radical (unpaired) electrons. The highest BCUT2D eigenvalue weighted by atomic mass is 32.2. The number of halogens is 1. The molecule has 2 unspecified atom stereocenters. The Morgan fingerprint density at radius 1 is 1.21 bits per heavy atom. The summed E-state index contributed by atoms with van der Waals surface area (Å²) in [5.74, 6) is 0.777. The van der Waals surface area contributed by atoms with Crippen LogP contribution < -0.4 is 10.2 Å². The number of anilines is 1. The van der Waals surface area contributed by atoms with Gasteiger partial charge in [0.25, 0.3) is 5.91 Å². The van der Waals surface area contributed by atoms with E-state index < -0.39 is 11.4 Å². The Morgan fingerprint density at radius 2 is 2.03 bits per heavy atom. The summed E-state index contributed by atoms with van der Waals surface area (Å²) in [6.07, 6.45) is 4.82. The Balaban J connectivity index is 1.50. The summed E-state index contributed by atoms with van der Waals surface area (Å²) in [4.78, 5) is 33.1. The predicted molar refractivity (Wildman–Crippen MR) is 131 cm³/mol. The van der Waals surface area contributed by atoms with Gasteiger partial charge < -0.3 is 10.2 Å². The summed E-state index contributed by atoms with van der Waals surface area (Å²) in [6.45, 7) is 5.02. The minimum absolute atomic E-state index is 0.0488. The first-order valence-electron chi connectivity index (χ1n) is 11.2. The van der Waals surface area contributed by atoms with Gasteiger partial charge in [-0.3, -0.25) is 9.78 Å². The Kier molecular flexibility index (Phi) is 6.03. The van der Waals surface area contributed by atoms with Crippen LogP contribution in [-0.2, 0) is 5.54 Å². The van der Waals surface area contributed by atoms with Crippen LogP contribution in [0.25, 0.3) is 0 Å². The fourth-order valence-corrected chi connectivity index (χ4v) is 5.66. The monoisotopic (exact) mass is 476 g/mol. The van der Waals surface area contributed by atoms with Crippen molar-refractivity contribution >= 4 is 28.8 Å². The zero-order valence-corrected chi connectivity index (χ0v) is 19.8. The molecular formula is C25H25FN6OS. The highest BCUT2D eigenvalue weighted by Gasteiger charge is 2.51. The van der Waals surface area contributed by atoms with Gasteiger partial charge >= 0.3 is 0 Å². The molecule has 1 saturated heterocycles. The topological polar surface area (TPSA) is 83.4 Å². The number of pyridine rings is 1. The van der Waals surface area contributed by atoms with Crippen molar-refractivity contribution in [1.82, 2.24) is 20.3 Å². The summed E-state index contributed by atoms with van der Waals surface area (Å²) in [6, 6.07) is 13.0. The number of nitrogens with one attached hydrogen (secondary N) is 1. The van der Waals surface area contributed by atoms with E-state index in [-0.39, 0.29) is 17.7 Å². The Hall–Kier alpha value is -3.33. The Morgan fingerprint density at radius 3 is 2.76 bits per heavy atom. The number of thioether (sulfide) groups is 1. The molecule has 9 heteroatoms. The lowest BCUT2D eigenvalue weighted by Crippen LogP contribution is -2.42. The molecule has 0 saturated carbocycles. The number of aliphatic imine (C=N–C) groups is 1. The fourth-order valence-electron chi connectivity index (χ4n) is 4.53. The van der Waals surface area contributed by atoms with Crippen LogP contribution in [0.5, 0.6) is 0 Å². The van der Waals surface area contributed by atoms with Gasteiger partial charge in [-0.1, -0.05) is 49.9 Å². The molecule has 0 aliphatic carbocycles. The van der Waals surface area contributed by atoms with E-state index in [1.165, 1.54) is 18.0 Å². The van der Waals surface area contributed by atoms with Crippen LogP contribution in [0.15, 0.2) is 66.0 Å². The largest absolute Gasteiger partial charge is 0.338 e. The average Bonchev–Trinajstić information content (AvgIpc) is 3.25. The number of hydrogen-bond acceptors (Lipinski definition) is 7. The van der Waals surface area contributed by atoms with E-state index in [9.17, 15) is 9.18 Å². The number of aromatic nitrogens is 3. The van der Waals surface area contributed by atoms with E-state index in [4.69, 9.17) is 4.99 Å². The first-order chi connectivity index (χ1) is 16.5. The molecular weight excluding hydrogens is 451 g/mol. The molecule has 1 amide bonds. The van der Waals surface area contributed by atoms with E-state index in [2.05, 4.69) is 25.2 Å². The van der Waals surface area contributed by atoms with Crippen molar-refractivity contribution in [1.29, 1.82) is 0 Å². The molecule has 4 heterocycles. The van der Waals surface area contributed by atoms with E-state index in [1.54, 1.807) is 18.3 Å². The van der Waals surface area contributed by atoms with Gasteiger partial charge in [0, 0.05) is 41.7 Å². The normalized spacial score (nSPS) is 21.8. The summed E-state index contributed by atoms with van der Waals surface area (Å²) >= 11 is 1.53. The molecule has 1 N–H and O–H groups in total. The van der Waals surface area contributed by atoms with E-state index in [0.717, 1.165) is 11.3 Å². The summed E-state index contributed by atoms with van der Waals surface area (Å²) in [5, 5.41) is 3.56. The Bertz CT molecular complexity index is 1220. The van der Waals surface area contributed by atoms with Gasteiger partial charge in [-0.05, 0) is 24.1 Å². The number of amides is 1. The second kappa shape index (κ2) is 9.13. The van der Waals surface area contributed by atoms with Gasteiger partial charge in [0.2, 0.25) is 5.95 Å². The maximum absolute atomic E-state index is 14.2. The van der Waals surface area contributed by atoms with E-state index >= 15 is 0 Å². The SMILES string of the molecule is CC(C)c1nc(N2CC3CSC(NC(=O)c4ccccc4)=NC3(c3cccnc3)C2)ncc1F. The number of benzene rings is 1. The van der Waals surface area contributed by atoms with Gasteiger partial charge in [-0.2, -0.15) is 0 Å². The molecule has 2 aliphatic rings. The maximum Gasteiger partial charge on any atom is 0.257 e. The van der Waals surface area contributed by atoms with Crippen LogP contribution in [0.4, 0.5) is 10.3 Å². The van der Waals surface area contributed by atoms with Crippen LogP contribution in [0, 0.1) is 11.7 Å². The van der Waals surface area contributed by atoms with Gasteiger partial charge in [0.05, 0.1) is 18.4 Å². The summed E-state index contributed by atoms with van der Waals surface area (Å²) in [5.41, 5.74) is 1.34. The van der Waals surface area contributed by atoms with Crippen LogP contribution in [0.2, 0.25) is 0 Å². The zero-order chi connectivity index (χ0) is 23.7. The molecule has 2 aliphatic heterocycles. The molecule has 0 spiro atoms. The first-order valence-corrected chi connectivity index (χ1v) is 12.2. The molecule has 3 aromatic rings. The summed E-state index contributed by atoms with van der Waals surface area (Å²) < 4.78 is 14.2. The third-order valence-corrected chi connectivity index (χ3v) is 7.31. The highest BCUT2D eigenvalue weighted by Crippen LogP contribution is 2.46. The van der Waals surface area contributed by atoms with Crippen LogP contribution >= 0.6 is 11.8 Å². The quantitative estimate of drug-likeness (QED) is 0.613. The first kappa shape index (κ1) is 22.5. The van der Waals surface area contributed by atoms with Crippen molar-refractivity contribution in [3.05, 3.63) is 83.7 Å². The fraction of sp³-hybridized carbons (Fsp3) is 0.320. The van der Waals surface area contributed by atoms with Gasteiger partial charge in [-0.25, -0.2) is 19.4 Å². The van der Waals surface area contributed by atoms with Crippen molar-refractivity contribution in [3.63, 3.8) is 0 Å². The lowest BCUT2D eigenvalue weighted by atomic mass is 9.83. The smallest absolute Gasteiger partial charge is 0.257 e. The standard InChI is InChI=1S/C25H25FN6OS/c1-16(2)21-20(26)12-28-23(29-21)32-13-19-14-34-24(30-22(33)17-7-4-3-5-8-17)31-25(19,15-32)18-9-6-10-27-11-18/h3-12,16,19H,13-15H2,1-2H3,(H,30,31,33). The number of nitrogens with zero attached hydrogens (tertiary/aromatic N) is 5. The van der Waals surface area contributed by atoms with Crippen LogP contribution in [0.3, 0.4) is 0 Å². The second-order valence-electron chi connectivity index (χ2n) is 8.85. The number of hydrogen-bond donors (Lipinski definition) is 1. The molecule has 7 nitrogen and oxygen atoms in total. The van der Waals surface area contributed by atoms with Crippen molar-refractivity contribution in [2.75, 3.05) is 23.7 Å². The van der Waals surface area contributed by atoms with Crippen LogP contribution in [-0.4, -0.2) is 44.9 Å². The molecule has 2 aromatic heterocycles. The molecule has 1 aromatic carbocycles. The van der Waals surface area contributed by atoms with Gasteiger partial charge in [0.15, 0.2) is 11.0 Å². The zero-order valence-electron chi connectivity index (χ0n) is 19.0. The third kappa shape index (κ3) is 4.16. The molecule has 2 atom stereocenters. The number of carbonyl (C=O) groups excluding carboxylic acids is 1. The van der Waals surface area contributed by atoms with Crippen LogP contribution in [0.1, 0.15) is 41.4 Å². The van der Waals surface area contributed by atoms with Gasteiger partial charge in [-0.15, -0.1) is 0 Å². The van der Waals surface area contributed by atoms with Gasteiger partial charge in [0.1, 0.15) is 5.54 Å². The highest BCUT2D eigenvalue weighted by molar-refractivity contribution is 8.13. The number of fused-ring (bicyclic) bond motifs is 1. The number of amidine groups is 1. The lowest BCUT2D eigenvalue weighted by Gasteiger charge is -2.35. The minimum Gasteiger partial charge on any atom is -0.338 e. The molecule has 0 bridgehead atoms. The predicted octanol–water partition coefficient (Wildman–Crippen LogP) is 4.00. The molecule has 34 heavy (non-hydrogen) atoms. The second-order valence-corrected chi connectivity index (χ2v) is 9.86. The van der Waals surface area contributed by atoms with Crippen molar-refractivity contribution in [2.24, 2.45) is 10.9 Å². The molecule has 5 rings (SSSR count). The van der Waals surface area contributed by atoms with E-state index in [1.807, 2.05) is 50.4 Å².